The topological polar surface area (TPSA) is 150 Å². The molecule has 3 aromatic rings. The van der Waals surface area contributed by atoms with Crippen LogP contribution in [0.3, 0.4) is 0 Å². The first-order valence-corrected chi connectivity index (χ1v) is 14.7. The molecule has 42 heavy (non-hydrogen) atoms. The molecular formula is C29H36N8O4S. The Morgan fingerprint density at radius 1 is 1.17 bits per heavy atom. The van der Waals surface area contributed by atoms with Gasteiger partial charge in [0.05, 0.1) is 29.7 Å². The molecule has 1 aliphatic carbocycles. The van der Waals surface area contributed by atoms with E-state index in [1.807, 2.05) is 5.32 Å². The van der Waals surface area contributed by atoms with Crippen LogP contribution in [0.25, 0.3) is 10.6 Å². The van der Waals surface area contributed by atoms with E-state index in [1.165, 1.54) is 30.9 Å². The second-order valence-corrected chi connectivity index (χ2v) is 11.5. The van der Waals surface area contributed by atoms with Gasteiger partial charge in [-0.25, -0.2) is 4.98 Å². The second-order valence-electron chi connectivity index (χ2n) is 10.5. The molecule has 2 aliphatic rings. The second kappa shape index (κ2) is 12.8. The Kier molecular flexibility index (Phi) is 7.82. The van der Waals surface area contributed by atoms with Crippen LogP contribution < -0.4 is 26.0 Å². The fourth-order valence-electron chi connectivity index (χ4n) is 5.02. The van der Waals surface area contributed by atoms with Crippen LogP contribution in [0.2, 0.25) is 0 Å². The number of aryl methyl sites for hydroxylation is 1. The molecule has 3 heterocycles. The zero-order chi connectivity index (χ0) is 32.3. The molecule has 1 unspecified atom stereocenters. The monoisotopic (exact) mass is 595 g/mol. The minimum absolute atomic E-state index is 0.0941. The Morgan fingerprint density at radius 3 is 2.71 bits per heavy atom. The van der Waals surface area contributed by atoms with Crippen molar-refractivity contribution in [2.45, 2.75) is 45.1 Å². The maximum Gasteiger partial charge on any atom is 0.273 e. The number of nitrogens with one attached hydrogen (secondary N) is 4. The Hall–Kier alpha value is -4.10. The lowest BCUT2D eigenvalue weighted by Gasteiger charge is -2.19. The van der Waals surface area contributed by atoms with Crippen molar-refractivity contribution in [3.63, 3.8) is 0 Å². The van der Waals surface area contributed by atoms with E-state index in [2.05, 4.69) is 43.1 Å². The van der Waals surface area contributed by atoms with Crippen LogP contribution in [0, 0.1) is 12.8 Å². The van der Waals surface area contributed by atoms with Crippen LogP contribution in [0.1, 0.15) is 62.1 Å². The molecule has 222 valence electrons. The van der Waals surface area contributed by atoms with E-state index < -0.39 is 12.9 Å². The average Bonchev–Trinajstić information content (AvgIpc) is 3.65. The number of nitrogens with zero attached hydrogens (tertiary/aromatic N) is 4. The number of aromatic nitrogens is 3. The predicted molar refractivity (Wildman–Crippen MR) is 161 cm³/mol. The van der Waals surface area contributed by atoms with Crippen molar-refractivity contribution in [2.24, 2.45) is 5.92 Å². The van der Waals surface area contributed by atoms with Crippen LogP contribution in [0.15, 0.2) is 24.3 Å². The minimum atomic E-state index is -2.76. The maximum absolute atomic E-state index is 13.1. The van der Waals surface area contributed by atoms with Gasteiger partial charge in [0, 0.05) is 35.7 Å². The van der Waals surface area contributed by atoms with Gasteiger partial charge >= 0.3 is 0 Å². The van der Waals surface area contributed by atoms with Gasteiger partial charge in [0.15, 0.2) is 17.3 Å². The number of carbonyl (C=O) groups is 3. The van der Waals surface area contributed by atoms with Gasteiger partial charge < -0.3 is 30.9 Å². The molecule has 1 saturated carbocycles. The highest BCUT2D eigenvalue weighted by Crippen LogP contribution is 2.40. The number of ether oxygens (including phenoxy) is 1. The standard InChI is InChI=1S/C29H36N8O4S/c1-16-25(28(40)31-13-12-18-7-6-14-37(18)3)42-29(32-16)19-8-5-9-20(24(19)41-4)33-21-15-22(34-26(38)17-10-11-17)35-36-23(21)27(39)30-2/h5,8-9,15,17-18H,6-7,10-14H2,1-4H3,(H,30,39)(H,31,40)(H2,33,34,35,38)/i2D3. The third-order valence-corrected chi connectivity index (χ3v) is 8.67. The largest absolute Gasteiger partial charge is 0.494 e. The van der Waals surface area contributed by atoms with Gasteiger partial charge in [-0.05, 0) is 64.8 Å². The van der Waals surface area contributed by atoms with Crippen molar-refractivity contribution >= 4 is 46.3 Å². The first-order valence-electron chi connectivity index (χ1n) is 15.3. The minimum Gasteiger partial charge on any atom is -0.494 e. The summed E-state index contributed by atoms with van der Waals surface area (Å²) in [4.78, 5) is 45.8. The molecule has 2 fully saturated rings. The molecule has 5 rings (SSSR count). The first-order chi connectivity index (χ1) is 21.4. The first kappa shape index (κ1) is 25.6. The molecule has 1 atom stereocenters. The maximum atomic E-state index is 13.1. The lowest BCUT2D eigenvalue weighted by molar-refractivity contribution is -0.117. The fourth-order valence-corrected chi connectivity index (χ4v) is 6.02. The SMILES string of the molecule is [2H]C([2H])([2H])NC(=O)c1nnc(NC(=O)C2CC2)cc1Nc1cccc(-c2nc(C)c(C(=O)NCCC3CCCN3C)s2)c1OC. The molecule has 12 nitrogen and oxygen atoms in total. The van der Waals surface area contributed by atoms with Crippen LogP contribution in [-0.2, 0) is 4.79 Å². The molecule has 13 heteroatoms. The van der Waals surface area contributed by atoms with E-state index in [1.54, 1.807) is 25.1 Å². The van der Waals surface area contributed by atoms with Crippen LogP contribution in [-0.4, -0.2) is 78.1 Å². The van der Waals surface area contributed by atoms with Gasteiger partial charge in [0.1, 0.15) is 9.88 Å². The number of hydrogen-bond acceptors (Lipinski definition) is 10. The van der Waals surface area contributed by atoms with Gasteiger partial charge in [0.25, 0.3) is 11.8 Å². The number of amides is 3. The van der Waals surface area contributed by atoms with Gasteiger partial charge in [-0.15, -0.1) is 21.5 Å². The molecule has 0 radical (unpaired) electrons. The fraction of sp³-hybridized carbons (Fsp3) is 0.448. The number of hydrogen-bond donors (Lipinski definition) is 4. The van der Waals surface area contributed by atoms with Crippen molar-refractivity contribution in [3.8, 4) is 16.3 Å². The van der Waals surface area contributed by atoms with E-state index in [4.69, 9.17) is 8.85 Å². The quantitative estimate of drug-likeness (QED) is 0.261. The Morgan fingerprint density at radius 2 is 2.00 bits per heavy atom. The lowest BCUT2D eigenvalue weighted by Crippen LogP contribution is -2.31. The number of para-hydroxylation sites is 1. The van der Waals surface area contributed by atoms with E-state index >= 15 is 0 Å². The summed E-state index contributed by atoms with van der Waals surface area (Å²) < 4.78 is 28.1. The highest BCUT2D eigenvalue weighted by atomic mass is 32.1. The van der Waals surface area contributed by atoms with E-state index in [9.17, 15) is 14.4 Å². The van der Waals surface area contributed by atoms with Gasteiger partial charge in [0.2, 0.25) is 5.91 Å². The number of rotatable bonds is 11. The molecule has 0 bridgehead atoms. The van der Waals surface area contributed by atoms with Crippen molar-refractivity contribution in [1.29, 1.82) is 0 Å². The lowest BCUT2D eigenvalue weighted by atomic mass is 10.1. The zero-order valence-corrected chi connectivity index (χ0v) is 24.6. The summed E-state index contributed by atoms with van der Waals surface area (Å²) >= 11 is 1.24. The van der Waals surface area contributed by atoms with Gasteiger partial charge in [-0.2, -0.15) is 0 Å². The highest BCUT2D eigenvalue weighted by Gasteiger charge is 2.30. The molecule has 4 N–H and O–H groups in total. The third-order valence-electron chi connectivity index (χ3n) is 7.48. The number of thiazole rings is 1. The van der Waals surface area contributed by atoms with Crippen molar-refractivity contribution in [2.75, 3.05) is 44.9 Å². The molecule has 1 aliphatic heterocycles. The summed E-state index contributed by atoms with van der Waals surface area (Å²) in [6.45, 7) is 0.679. The molecule has 1 aromatic carbocycles. The van der Waals surface area contributed by atoms with Crippen LogP contribution >= 0.6 is 11.3 Å². The summed E-state index contributed by atoms with van der Waals surface area (Å²) in [7, 11) is 3.59. The van der Waals surface area contributed by atoms with E-state index in [-0.39, 0.29) is 34.9 Å². The molecular weight excluding hydrogens is 556 g/mol. The Balaban J connectivity index is 1.40. The van der Waals surface area contributed by atoms with E-state index in [0.717, 1.165) is 32.2 Å². The third kappa shape index (κ3) is 6.52. The van der Waals surface area contributed by atoms with Gasteiger partial charge in [-0.1, -0.05) is 6.07 Å². The van der Waals surface area contributed by atoms with Crippen molar-refractivity contribution in [3.05, 3.63) is 40.5 Å². The normalized spacial score (nSPS) is 18.0. The Labute approximate surface area is 252 Å². The predicted octanol–water partition coefficient (Wildman–Crippen LogP) is 3.58. The number of carbonyl (C=O) groups excluding carboxylic acids is 3. The van der Waals surface area contributed by atoms with Gasteiger partial charge in [-0.3, -0.25) is 14.4 Å². The Bertz CT molecular complexity index is 1590. The number of benzene rings is 1. The molecule has 1 saturated heterocycles. The number of methoxy groups -OCH3 is 1. The van der Waals surface area contributed by atoms with Crippen molar-refractivity contribution in [1.82, 2.24) is 30.7 Å². The van der Waals surface area contributed by atoms with Crippen LogP contribution in [0.5, 0.6) is 5.75 Å². The highest BCUT2D eigenvalue weighted by molar-refractivity contribution is 7.17. The number of likely N-dealkylation sites (tertiary alicyclic amines) is 1. The smallest absolute Gasteiger partial charge is 0.273 e. The average molecular weight is 596 g/mol. The van der Waals surface area contributed by atoms with E-state index in [0.29, 0.717) is 45.2 Å². The summed E-state index contributed by atoms with van der Waals surface area (Å²) in [6, 6.07) is 7.14. The summed E-state index contributed by atoms with van der Waals surface area (Å²) in [6.07, 6.45) is 4.76. The van der Waals surface area contributed by atoms with Crippen LogP contribution in [0.4, 0.5) is 17.2 Å². The number of anilines is 3. The zero-order valence-electron chi connectivity index (χ0n) is 26.7. The summed E-state index contributed by atoms with van der Waals surface area (Å²) in [5, 5.41) is 19.1. The molecule has 0 spiro atoms. The molecule has 3 amide bonds. The summed E-state index contributed by atoms with van der Waals surface area (Å²) in [5.41, 5.74) is 1.39. The molecule has 2 aromatic heterocycles. The summed E-state index contributed by atoms with van der Waals surface area (Å²) in [5.74, 6) is -1.00. The van der Waals surface area contributed by atoms with Crippen molar-refractivity contribution < 1.29 is 23.2 Å².